The van der Waals surface area contributed by atoms with E-state index >= 15 is 0 Å². The summed E-state index contributed by atoms with van der Waals surface area (Å²) in [7, 11) is 1.41. The molecule has 0 saturated carbocycles. The van der Waals surface area contributed by atoms with Gasteiger partial charge in [-0.3, -0.25) is 0 Å². The molecular weight excluding hydrogens is 352 g/mol. The Morgan fingerprint density at radius 1 is 1.25 bits per heavy atom. The van der Waals surface area contributed by atoms with Crippen LogP contribution in [0.15, 0.2) is 48.6 Å². The number of fused-ring (bicyclic) bond motifs is 3. The van der Waals surface area contributed by atoms with Crippen LogP contribution in [0.3, 0.4) is 0 Å². The number of benzene rings is 2. The van der Waals surface area contributed by atoms with Gasteiger partial charge in [-0.2, -0.15) is 5.26 Å². The second kappa shape index (κ2) is 7.40. The van der Waals surface area contributed by atoms with Crippen LogP contribution < -0.4 is 10.1 Å². The highest BCUT2D eigenvalue weighted by Gasteiger charge is 2.39. The lowest BCUT2D eigenvalue weighted by Gasteiger charge is -2.38. The number of nitriles is 1. The summed E-state index contributed by atoms with van der Waals surface area (Å²) in [5, 5.41) is 12.4. The number of hydrogen-bond donors (Lipinski definition) is 1. The molecule has 0 radical (unpaired) electrons. The molecule has 0 unspecified atom stereocenters. The average molecular weight is 374 g/mol. The molecule has 0 amide bonds. The van der Waals surface area contributed by atoms with E-state index in [1.165, 1.54) is 12.7 Å². The molecular formula is C23H22N2O3. The zero-order valence-electron chi connectivity index (χ0n) is 15.9. The van der Waals surface area contributed by atoms with E-state index in [1.807, 2.05) is 49.4 Å². The number of anilines is 1. The van der Waals surface area contributed by atoms with E-state index in [-0.39, 0.29) is 18.6 Å². The lowest BCUT2D eigenvalue weighted by molar-refractivity contribution is 0.0600. The van der Waals surface area contributed by atoms with Crippen molar-refractivity contribution in [2.24, 2.45) is 5.92 Å². The van der Waals surface area contributed by atoms with Crippen LogP contribution in [-0.2, 0) is 4.74 Å². The maximum absolute atomic E-state index is 12.1. The first-order chi connectivity index (χ1) is 13.6. The van der Waals surface area contributed by atoms with Crippen LogP contribution in [0, 0.1) is 24.2 Å². The predicted molar refractivity (Wildman–Crippen MR) is 106 cm³/mol. The Labute approximate surface area is 164 Å². The molecule has 0 aromatic heterocycles. The molecule has 4 rings (SSSR count). The second-order valence-corrected chi connectivity index (χ2v) is 7.19. The van der Waals surface area contributed by atoms with Crippen molar-refractivity contribution < 1.29 is 14.3 Å². The SMILES string of the molecule is COC(=O)c1ccc2c(c1C)N[C@H](c1ccc(OCC#N)cc1)[C@@H]1CC=C[C@H]21. The fourth-order valence-corrected chi connectivity index (χ4v) is 4.36. The number of rotatable bonds is 4. The van der Waals surface area contributed by atoms with Crippen LogP contribution in [0.4, 0.5) is 5.69 Å². The number of carbonyl (C=O) groups is 1. The minimum absolute atomic E-state index is 0.0402. The molecule has 2 aliphatic rings. The van der Waals surface area contributed by atoms with Crippen molar-refractivity contribution in [2.75, 3.05) is 19.0 Å². The van der Waals surface area contributed by atoms with Gasteiger partial charge in [-0.15, -0.1) is 0 Å². The number of esters is 1. The van der Waals surface area contributed by atoms with Crippen molar-refractivity contribution in [3.63, 3.8) is 0 Å². The van der Waals surface area contributed by atoms with Crippen molar-refractivity contribution in [1.82, 2.24) is 0 Å². The van der Waals surface area contributed by atoms with E-state index in [4.69, 9.17) is 14.7 Å². The molecule has 0 fully saturated rings. The lowest BCUT2D eigenvalue weighted by atomic mass is 9.76. The summed E-state index contributed by atoms with van der Waals surface area (Å²) in [6.45, 7) is 2.01. The van der Waals surface area contributed by atoms with Crippen LogP contribution in [0.25, 0.3) is 0 Å². The van der Waals surface area contributed by atoms with E-state index < -0.39 is 0 Å². The molecule has 0 saturated heterocycles. The molecule has 142 valence electrons. The van der Waals surface area contributed by atoms with Crippen molar-refractivity contribution in [3.05, 3.63) is 70.8 Å². The van der Waals surface area contributed by atoms with Gasteiger partial charge < -0.3 is 14.8 Å². The highest BCUT2D eigenvalue weighted by molar-refractivity contribution is 5.93. The van der Waals surface area contributed by atoms with Crippen molar-refractivity contribution in [2.45, 2.75) is 25.3 Å². The number of carbonyl (C=O) groups excluding carboxylic acids is 1. The first-order valence-corrected chi connectivity index (χ1v) is 9.38. The van der Waals surface area contributed by atoms with Crippen molar-refractivity contribution in [1.29, 1.82) is 5.26 Å². The standard InChI is InChI=1S/C23H22N2O3/c1-14-17(23(26)27-2)10-11-20-18-4-3-5-19(18)22(25-21(14)20)15-6-8-16(9-7-15)28-13-12-24/h3-4,6-11,18-19,22,25H,5,13H2,1-2H3/t18-,19+,22+/m0/s1. The molecule has 0 bridgehead atoms. The molecule has 28 heavy (non-hydrogen) atoms. The summed E-state index contributed by atoms with van der Waals surface area (Å²) >= 11 is 0. The Morgan fingerprint density at radius 2 is 2.04 bits per heavy atom. The Bertz CT molecular complexity index is 973. The smallest absolute Gasteiger partial charge is 0.338 e. The van der Waals surface area contributed by atoms with E-state index in [2.05, 4.69) is 17.5 Å². The highest BCUT2D eigenvalue weighted by Crippen LogP contribution is 2.51. The summed E-state index contributed by atoms with van der Waals surface area (Å²) in [5.41, 5.74) is 4.92. The summed E-state index contributed by atoms with van der Waals surface area (Å²) in [6.07, 6.45) is 5.53. The molecule has 1 aliphatic carbocycles. The van der Waals surface area contributed by atoms with Crippen LogP contribution in [0.5, 0.6) is 5.75 Å². The monoisotopic (exact) mass is 374 g/mol. The van der Waals surface area contributed by atoms with Crippen LogP contribution >= 0.6 is 0 Å². The molecule has 3 atom stereocenters. The third kappa shape index (κ3) is 3.01. The third-order valence-electron chi connectivity index (χ3n) is 5.75. The fraction of sp³-hybridized carbons (Fsp3) is 0.304. The quantitative estimate of drug-likeness (QED) is 0.630. The molecule has 2 aromatic carbocycles. The summed E-state index contributed by atoms with van der Waals surface area (Å²) in [6, 6.07) is 13.9. The Hall–Kier alpha value is -3.26. The normalized spacial score (nSPS) is 21.8. The minimum Gasteiger partial charge on any atom is -0.479 e. The zero-order chi connectivity index (χ0) is 19.7. The van der Waals surface area contributed by atoms with Crippen LogP contribution in [0.1, 0.15) is 45.4 Å². The van der Waals surface area contributed by atoms with Crippen LogP contribution in [0.2, 0.25) is 0 Å². The lowest BCUT2D eigenvalue weighted by Crippen LogP contribution is -2.30. The minimum atomic E-state index is -0.318. The number of methoxy groups -OCH3 is 1. The molecule has 1 N–H and O–H groups in total. The molecule has 2 aromatic rings. The van der Waals surface area contributed by atoms with Crippen molar-refractivity contribution >= 4 is 11.7 Å². The van der Waals surface area contributed by atoms with Gasteiger partial charge in [-0.1, -0.05) is 30.4 Å². The molecule has 0 spiro atoms. The number of nitrogens with zero attached hydrogens (tertiary/aromatic N) is 1. The number of ether oxygens (including phenoxy) is 2. The van der Waals surface area contributed by atoms with E-state index in [1.54, 1.807) is 0 Å². The second-order valence-electron chi connectivity index (χ2n) is 7.19. The Morgan fingerprint density at radius 3 is 2.75 bits per heavy atom. The number of hydrogen-bond acceptors (Lipinski definition) is 5. The number of nitrogens with one attached hydrogen (secondary N) is 1. The van der Waals surface area contributed by atoms with E-state index in [0.717, 1.165) is 23.2 Å². The molecule has 5 heteroatoms. The van der Waals surface area contributed by atoms with Gasteiger partial charge in [0.05, 0.1) is 18.7 Å². The van der Waals surface area contributed by atoms with Gasteiger partial charge in [0.25, 0.3) is 0 Å². The largest absolute Gasteiger partial charge is 0.479 e. The van der Waals surface area contributed by atoms with Crippen molar-refractivity contribution in [3.8, 4) is 11.8 Å². The van der Waals surface area contributed by atoms with Gasteiger partial charge in [0.15, 0.2) is 6.61 Å². The molecule has 1 aliphatic heterocycles. The van der Waals surface area contributed by atoms with Gasteiger partial charge in [-0.05, 0) is 54.2 Å². The van der Waals surface area contributed by atoms with Gasteiger partial charge in [0.1, 0.15) is 11.8 Å². The predicted octanol–water partition coefficient (Wildman–Crippen LogP) is 4.51. The number of allylic oxidation sites excluding steroid dienone is 2. The van der Waals surface area contributed by atoms with Gasteiger partial charge in [-0.25, -0.2) is 4.79 Å². The average Bonchev–Trinajstić information content (AvgIpc) is 3.22. The van der Waals surface area contributed by atoms with Gasteiger partial charge in [0, 0.05) is 11.6 Å². The van der Waals surface area contributed by atoms with E-state index in [0.29, 0.717) is 23.1 Å². The maximum Gasteiger partial charge on any atom is 0.338 e. The first kappa shape index (κ1) is 18.1. The fourth-order valence-electron chi connectivity index (χ4n) is 4.36. The molecule has 1 heterocycles. The zero-order valence-corrected chi connectivity index (χ0v) is 15.9. The highest BCUT2D eigenvalue weighted by atomic mass is 16.5. The Balaban J connectivity index is 1.71. The van der Waals surface area contributed by atoms with Gasteiger partial charge in [0.2, 0.25) is 0 Å². The van der Waals surface area contributed by atoms with Crippen LogP contribution in [-0.4, -0.2) is 19.7 Å². The third-order valence-corrected chi connectivity index (χ3v) is 5.75. The Kier molecular flexibility index (Phi) is 4.79. The summed E-state index contributed by atoms with van der Waals surface area (Å²) in [4.78, 5) is 12.1. The maximum atomic E-state index is 12.1. The first-order valence-electron chi connectivity index (χ1n) is 9.38. The van der Waals surface area contributed by atoms with Gasteiger partial charge >= 0.3 is 5.97 Å². The summed E-state index contributed by atoms with van der Waals surface area (Å²) < 4.78 is 10.3. The summed E-state index contributed by atoms with van der Waals surface area (Å²) in [5.74, 6) is 1.11. The van der Waals surface area contributed by atoms with E-state index in [9.17, 15) is 4.79 Å². The molecule has 5 nitrogen and oxygen atoms in total. The topological polar surface area (TPSA) is 71.3 Å².